The predicted octanol–water partition coefficient (Wildman–Crippen LogP) is 2.80. The van der Waals surface area contributed by atoms with Crippen LogP contribution < -0.4 is 5.32 Å². The Balaban J connectivity index is 2.50. The van der Waals surface area contributed by atoms with E-state index in [1.54, 1.807) is 11.8 Å². The van der Waals surface area contributed by atoms with E-state index in [2.05, 4.69) is 29.1 Å². The highest BCUT2D eigenvalue weighted by atomic mass is 32.2. The van der Waals surface area contributed by atoms with E-state index >= 15 is 0 Å². The summed E-state index contributed by atoms with van der Waals surface area (Å²) in [4.78, 5) is 8.54. The first-order chi connectivity index (χ1) is 6.86. The summed E-state index contributed by atoms with van der Waals surface area (Å²) in [5, 5.41) is 4.23. The second-order valence-corrected chi connectivity index (χ2v) is 4.11. The van der Waals surface area contributed by atoms with Gasteiger partial charge in [-0.15, -0.1) is 11.8 Å². The average molecular weight is 211 g/mol. The fourth-order valence-electron chi connectivity index (χ4n) is 0.951. The van der Waals surface area contributed by atoms with Crippen molar-refractivity contribution in [3.8, 4) is 0 Å². The molecule has 0 saturated heterocycles. The predicted molar refractivity (Wildman–Crippen MR) is 61.8 cm³/mol. The van der Waals surface area contributed by atoms with Gasteiger partial charge in [-0.3, -0.25) is 0 Å². The molecule has 0 unspecified atom stereocenters. The van der Waals surface area contributed by atoms with Crippen LogP contribution in [0.1, 0.15) is 26.7 Å². The highest BCUT2D eigenvalue weighted by molar-refractivity contribution is 7.99. The lowest BCUT2D eigenvalue weighted by atomic mass is 10.5. The summed E-state index contributed by atoms with van der Waals surface area (Å²) in [5.41, 5.74) is 0. The van der Waals surface area contributed by atoms with Crippen molar-refractivity contribution in [2.75, 3.05) is 17.6 Å². The molecule has 0 spiro atoms. The van der Waals surface area contributed by atoms with Crippen LogP contribution in [-0.4, -0.2) is 22.3 Å². The van der Waals surface area contributed by atoms with E-state index in [9.17, 15) is 0 Å². The van der Waals surface area contributed by atoms with Crippen molar-refractivity contribution in [1.82, 2.24) is 9.97 Å². The molecule has 0 radical (unpaired) electrons. The molecule has 0 aromatic carbocycles. The number of hydrogen-bond donors (Lipinski definition) is 1. The zero-order chi connectivity index (χ0) is 10.2. The summed E-state index contributed by atoms with van der Waals surface area (Å²) < 4.78 is 0. The van der Waals surface area contributed by atoms with Gasteiger partial charge < -0.3 is 5.32 Å². The first-order valence-electron chi connectivity index (χ1n) is 5.06. The molecule has 0 atom stereocenters. The van der Waals surface area contributed by atoms with E-state index in [1.807, 2.05) is 12.3 Å². The molecule has 78 valence electrons. The van der Waals surface area contributed by atoms with Gasteiger partial charge in [-0.1, -0.05) is 13.8 Å². The third kappa shape index (κ3) is 3.96. The monoisotopic (exact) mass is 211 g/mol. The zero-order valence-corrected chi connectivity index (χ0v) is 9.60. The third-order valence-electron chi connectivity index (χ3n) is 1.62. The summed E-state index contributed by atoms with van der Waals surface area (Å²) in [5.74, 6) is 1.86. The van der Waals surface area contributed by atoms with Crippen LogP contribution >= 0.6 is 11.8 Å². The van der Waals surface area contributed by atoms with Crippen LogP contribution in [0, 0.1) is 0 Å². The van der Waals surface area contributed by atoms with Crippen LogP contribution in [0.2, 0.25) is 0 Å². The Hall–Kier alpha value is -0.770. The molecule has 0 aliphatic heterocycles. The maximum Gasteiger partial charge on any atom is 0.223 e. The molecule has 1 heterocycles. The lowest BCUT2D eigenvalue weighted by molar-refractivity contribution is 0.934. The SMILES string of the molecule is CCCNc1nccc(SCCC)n1. The van der Waals surface area contributed by atoms with Crippen LogP contribution in [-0.2, 0) is 0 Å². The van der Waals surface area contributed by atoms with Gasteiger partial charge >= 0.3 is 0 Å². The largest absolute Gasteiger partial charge is 0.354 e. The summed E-state index contributed by atoms with van der Waals surface area (Å²) in [7, 11) is 0. The molecule has 1 aromatic heterocycles. The fourth-order valence-corrected chi connectivity index (χ4v) is 1.67. The highest BCUT2D eigenvalue weighted by Gasteiger charge is 1.97. The Morgan fingerprint density at radius 3 is 2.93 bits per heavy atom. The quantitative estimate of drug-likeness (QED) is 0.580. The third-order valence-corrected chi connectivity index (χ3v) is 2.75. The van der Waals surface area contributed by atoms with Crippen molar-refractivity contribution >= 4 is 17.7 Å². The maximum atomic E-state index is 4.39. The minimum atomic E-state index is 0.743. The minimum Gasteiger partial charge on any atom is -0.354 e. The Morgan fingerprint density at radius 2 is 2.21 bits per heavy atom. The van der Waals surface area contributed by atoms with Crippen molar-refractivity contribution < 1.29 is 0 Å². The molecule has 4 heteroatoms. The van der Waals surface area contributed by atoms with Crippen molar-refractivity contribution in [3.05, 3.63) is 12.3 Å². The van der Waals surface area contributed by atoms with Gasteiger partial charge in [0, 0.05) is 12.7 Å². The van der Waals surface area contributed by atoms with Crippen LogP contribution in [0.4, 0.5) is 5.95 Å². The van der Waals surface area contributed by atoms with Gasteiger partial charge in [-0.25, -0.2) is 9.97 Å². The molecular weight excluding hydrogens is 194 g/mol. The normalized spacial score (nSPS) is 10.1. The van der Waals surface area contributed by atoms with Crippen LogP contribution in [0.25, 0.3) is 0 Å². The topological polar surface area (TPSA) is 37.8 Å². The lowest BCUT2D eigenvalue weighted by Gasteiger charge is -2.04. The summed E-state index contributed by atoms with van der Waals surface area (Å²) in [6.07, 6.45) is 4.07. The second kappa shape index (κ2) is 6.65. The average Bonchev–Trinajstić information content (AvgIpc) is 2.24. The van der Waals surface area contributed by atoms with Crippen molar-refractivity contribution in [3.63, 3.8) is 0 Å². The van der Waals surface area contributed by atoms with E-state index in [4.69, 9.17) is 0 Å². The zero-order valence-electron chi connectivity index (χ0n) is 8.79. The molecule has 0 aliphatic rings. The number of anilines is 1. The Morgan fingerprint density at radius 1 is 1.36 bits per heavy atom. The molecule has 14 heavy (non-hydrogen) atoms. The standard InChI is InChI=1S/C10H17N3S/c1-3-6-11-10-12-7-5-9(13-10)14-8-4-2/h5,7H,3-4,6,8H2,1-2H3,(H,11,12,13). The van der Waals surface area contributed by atoms with Gasteiger partial charge in [0.15, 0.2) is 0 Å². The molecule has 3 nitrogen and oxygen atoms in total. The Kier molecular flexibility index (Phi) is 5.37. The van der Waals surface area contributed by atoms with E-state index in [0.29, 0.717) is 0 Å². The van der Waals surface area contributed by atoms with Gasteiger partial charge in [0.2, 0.25) is 5.95 Å². The number of rotatable bonds is 6. The van der Waals surface area contributed by atoms with E-state index in [1.165, 1.54) is 6.42 Å². The van der Waals surface area contributed by atoms with Gasteiger partial charge in [0.05, 0.1) is 0 Å². The van der Waals surface area contributed by atoms with Crippen molar-refractivity contribution in [2.24, 2.45) is 0 Å². The Bertz CT molecular complexity index is 242. The smallest absolute Gasteiger partial charge is 0.223 e. The van der Waals surface area contributed by atoms with E-state index in [-0.39, 0.29) is 0 Å². The summed E-state index contributed by atoms with van der Waals surface area (Å²) in [6.45, 7) is 5.23. The number of hydrogen-bond acceptors (Lipinski definition) is 4. The van der Waals surface area contributed by atoms with Crippen molar-refractivity contribution in [1.29, 1.82) is 0 Å². The van der Waals surface area contributed by atoms with Gasteiger partial charge in [0.1, 0.15) is 5.03 Å². The number of nitrogens with one attached hydrogen (secondary N) is 1. The molecule has 0 bridgehead atoms. The first kappa shape index (κ1) is 11.3. The van der Waals surface area contributed by atoms with Gasteiger partial charge in [0.25, 0.3) is 0 Å². The molecule has 0 amide bonds. The highest BCUT2D eigenvalue weighted by Crippen LogP contribution is 2.16. The second-order valence-electron chi connectivity index (χ2n) is 2.99. The molecule has 1 rings (SSSR count). The Labute approximate surface area is 89.7 Å². The molecule has 0 fully saturated rings. The first-order valence-corrected chi connectivity index (χ1v) is 6.05. The molecule has 1 aromatic rings. The van der Waals surface area contributed by atoms with E-state index < -0.39 is 0 Å². The molecule has 0 saturated carbocycles. The van der Waals surface area contributed by atoms with E-state index in [0.717, 1.165) is 29.7 Å². The minimum absolute atomic E-state index is 0.743. The lowest BCUT2D eigenvalue weighted by Crippen LogP contribution is -2.04. The fraction of sp³-hybridized carbons (Fsp3) is 0.600. The number of aromatic nitrogens is 2. The maximum absolute atomic E-state index is 4.39. The van der Waals surface area contributed by atoms with Crippen LogP contribution in [0.3, 0.4) is 0 Å². The van der Waals surface area contributed by atoms with Gasteiger partial charge in [-0.2, -0.15) is 0 Å². The molecular formula is C10H17N3S. The molecule has 0 aliphatic carbocycles. The summed E-state index contributed by atoms with van der Waals surface area (Å²) >= 11 is 1.78. The van der Waals surface area contributed by atoms with Crippen LogP contribution in [0.15, 0.2) is 17.3 Å². The number of thioether (sulfide) groups is 1. The number of nitrogens with zero attached hydrogens (tertiary/aromatic N) is 2. The van der Waals surface area contributed by atoms with Crippen molar-refractivity contribution in [2.45, 2.75) is 31.7 Å². The summed E-state index contributed by atoms with van der Waals surface area (Å²) in [6, 6.07) is 1.96. The molecule has 1 N–H and O–H groups in total. The van der Waals surface area contributed by atoms with Gasteiger partial charge in [-0.05, 0) is 24.7 Å². The van der Waals surface area contributed by atoms with Crippen LogP contribution in [0.5, 0.6) is 0 Å².